The highest BCUT2D eigenvalue weighted by Crippen LogP contribution is 2.24. The van der Waals surface area contributed by atoms with Crippen LogP contribution in [0.15, 0.2) is 35.2 Å². The van der Waals surface area contributed by atoms with E-state index in [2.05, 4.69) is 42.2 Å². The number of hydrogen-bond donors (Lipinski definition) is 1. The third kappa shape index (κ3) is 4.80. The fraction of sp³-hybridized carbons (Fsp3) is 0.647. The normalized spacial score (nSPS) is 23.4. The van der Waals surface area contributed by atoms with Crippen LogP contribution in [0.2, 0.25) is 0 Å². The Hall–Kier alpha value is -0.510. The van der Waals surface area contributed by atoms with Crippen LogP contribution in [0.25, 0.3) is 0 Å². The van der Waals surface area contributed by atoms with E-state index < -0.39 is 0 Å². The summed E-state index contributed by atoms with van der Waals surface area (Å²) in [6.07, 6.45) is 3.46. The Bertz CT molecular complexity index is 382. The van der Waals surface area contributed by atoms with Crippen molar-refractivity contribution in [3.05, 3.63) is 30.3 Å². The van der Waals surface area contributed by atoms with Gasteiger partial charge in [0.15, 0.2) is 0 Å². The number of rotatable bonds is 6. The summed E-state index contributed by atoms with van der Waals surface area (Å²) in [6, 6.07) is 11.2. The average molecular weight is 293 g/mol. The zero-order valence-corrected chi connectivity index (χ0v) is 13.5. The predicted octanol–water partition coefficient (Wildman–Crippen LogP) is 3.65. The first-order valence-electron chi connectivity index (χ1n) is 7.77. The minimum Gasteiger partial charge on any atom is -0.393 e. The van der Waals surface area contributed by atoms with Gasteiger partial charge in [-0.2, -0.15) is 0 Å². The van der Waals surface area contributed by atoms with Gasteiger partial charge >= 0.3 is 0 Å². The topological polar surface area (TPSA) is 23.5 Å². The molecule has 112 valence electrons. The molecule has 0 saturated carbocycles. The van der Waals surface area contributed by atoms with Crippen molar-refractivity contribution in [2.75, 3.05) is 18.8 Å². The third-order valence-electron chi connectivity index (χ3n) is 4.34. The van der Waals surface area contributed by atoms with Crippen LogP contribution in [0.4, 0.5) is 0 Å². The van der Waals surface area contributed by atoms with Crippen molar-refractivity contribution in [3.8, 4) is 0 Å². The van der Waals surface area contributed by atoms with E-state index in [1.165, 1.54) is 36.5 Å². The molecule has 3 atom stereocenters. The molecule has 0 aliphatic carbocycles. The molecular weight excluding hydrogens is 266 g/mol. The number of benzene rings is 1. The summed E-state index contributed by atoms with van der Waals surface area (Å²) in [5, 5.41) is 9.77. The molecule has 1 heterocycles. The summed E-state index contributed by atoms with van der Waals surface area (Å²) in [5.74, 6) is 1.63. The van der Waals surface area contributed by atoms with Gasteiger partial charge in [-0.25, -0.2) is 0 Å². The highest BCUT2D eigenvalue weighted by Gasteiger charge is 2.25. The molecule has 0 amide bonds. The molecule has 0 radical (unpaired) electrons. The van der Waals surface area contributed by atoms with E-state index in [1.54, 1.807) is 0 Å². The molecule has 1 aliphatic rings. The number of nitrogens with zero attached hydrogens (tertiary/aromatic N) is 1. The number of aliphatic hydroxyl groups is 1. The molecule has 0 aromatic heterocycles. The lowest BCUT2D eigenvalue weighted by molar-refractivity contribution is 0.0469. The molecule has 20 heavy (non-hydrogen) atoms. The van der Waals surface area contributed by atoms with Gasteiger partial charge in [0.25, 0.3) is 0 Å². The lowest BCUT2D eigenvalue weighted by Crippen LogP contribution is -2.44. The number of piperidine rings is 1. The van der Waals surface area contributed by atoms with Gasteiger partial charge in [-0.15, -0.1) is 11.8 Å². The fourth-order valence-corrected chi connectivity index (χ4v) is 3.93. The van der Waals surface area contributed by atoms with Crippen molar-refractivity contribution in [1.29, 1.82) is 0 Å². The number of hydrogen-bond acceptors (Lipinski definition) is 3. The Balaban J connectivity index is 1.73. The van der Waals surface area contributed by atoms with Crippen LogP contribution >= 0.6 is 11.8 Å². The average Bonchev–Trinajstić information content (AvgIpc) is 2.48. The molecule has 1 saturated heterocycles. The first-order valence-corrected chi connectivity index (χ1v) is 8.75. The first kappa shape index (κ1) is 15.9. The molecule has 0 bridgehead atoms. The quantitative estimate of drug-likeness (QED) is 0.810. The maximum atomic E-state index is 9.77. The van der Waals surface area contributed by atoms with E-state index in [-0.39, 0.29) is 6.10 Å². The summed E-state index contributed by atoms with van der Waals surface area (Å²) >= 11 is 1.94. The lowest BCUT2D eigenvalue weighted by atomic mass is 9.92. The smallest absolute Gasteiger partial charge is 0.0552 e. The SMILES string of the molecule is CC(O)C1CCCN(C(C)CCSc2ccccc2)C1. The summed E-state index contributed by atoms with van der Waals surface area (Å²) in [6.45, 7) is 6.52. The minimum atomic E-state index is -0.163. The summed E-state index contributed by atoms with van der Waals surface area (Å²) < 4.78 is 0. The summed E-state index contributed by atoms with van der Waals surface area (Å²) in [5.41, 5.74) is 0. The molecule has 1 fully saturated rings. The molecule has 1 aromatic carbocycles. The predicted molar refractivity (Wildman–Crippen MR) is 87.2 cm³/mol. The van der Waals surface area contributed by atoms with Crippen LogP contribution in [0.5, 0.6) is 0 Å². The van der Waals surface area contributed by atoms with Crippen molar-refractivity contribution < 1.29 is 5.11 Å². The molecule has 1 N–H and O–H groups in total. The van der Waals surface area contributed by atoms with Gasteiger partial charge in [-0.1, -0.05) is 18.2 Å². The standard InChI is InChI=1S/C17H27NOS/c1-14(10-12-20-17-8-4-3-5-9-17)18-11-6-7-16(13-18)15(2)19/h3-5,8-9,14-16,19H,6-7,10-13H2,1-2H3. The summed E-state index contributed by atoms with van der Waals surface area (Å²) in [7, 11) is 0. The Morgan fingerprint density at radius 3 is 2.75 bits per heavy atom. The molecule has 0 spiro atoms. The van der Waals surface area contributed by atoms with Crippen LogP contribution < -0.4 is 0 Å². The van der Waals surface area contributed by atoms with Gasteiger partial charge < -0.3 is 10.0 Å². The Morgan fingerprint density at radius 1 is 1.30 bits per heavy atom. The molecule has 1 aliphatic heterocycles. The Labute approximate surface area is 127 Å². The van der Waals surface area contributed by atoms with Crippen LogP contribution in [0.3, 0.4) is 0 Å². The molecule has 3 unspecified atom stereocenters. The Kier molecular flexibility index (Phi) is 6.40. The molecular formula is C17H27NOS. The molecule has 1 aromatic rings. The number of likely N-dealkylation sites (tertiary alicyclic amines) is 1. The van der Waals surface area contributed by atoms with E-state index in [0.29, 0.717) is 12.0 Å². The largest absolute Gasteiger partial charge is 0.393 e. The Morgan fingerprint density at radius 2 is 2.05 bits per heavy atom. The van der Waals surface area contributed by atoms with Crippen LogP contribution in [-0.4, -0.2) is 41.0 Å². The second-order valence-corrected chi connectivity index (χ2v) is 7.11. The van der Waals surface area contributed by atoms with E-state index in [4.69, 9.17) is 0 Å². The van der Waals surface area contributed by atoms with Crippen molar-refractivity contribution in [2.24, 2.45) is 5.92 Å². The maximum Gasteiger partial charge on any atom is 0.0552 e. The number of aliphatic hydroxyl groups excluding tert-OH is 1. The highest BCUT2D eigenvalue weighted by molar-refractivity contribution is 7.99. The van der Waals surface area contributed by atoms with Crippen molar-refractivity contribution in [1.82, 2.24) is 4.90 Å². The second kappa shape index (κ2) is 8.06. The zero-order chi connectivity index (χ0) is 14.4. The maximum absolute atomic E-state index is 9.77. The lowest BCUT2D eigenvalue weighted by Gasteiger charge is -2.38. The van der Waals surface area contributed by atoms with E-state index in [9.17, 15) is 5.11 Å². The highest BCUT2D eigenvalue weighted by atomic mass is 32.2. The zero-order valence-electron chi connectivity index (χ0n) is 12.7. The van der Waals surface area contributed by atoms with Crippen molar-refractivity contribution in [3.63, 3.8) is 0 Å². The van der Waals surface area contributed by atoms with E-state index in [0.717, 1.165) is 6.54 Å². The van der Waals surface area contributed by atoms with Gasteiger partial charge in [-0.3, -0.25) is 0 Å². The monoisotopic (exact) mass is 293 g/mol. The first-order chi connectivity index (χ1) is 9.66. The molecule has 3 heteroatoms. The van der Waals surface area contributed by atoms with Crippen LogP contribution in [0, 0.1) is 5.92 Å². The van der Waals surface area contributed by atoms with Gasteiger partial charge in [0, 0.05) is 17.5 Å². The van der Waals surface area contributed by atoms with Gasteiger partial charge in [0.05, 0.1) is 6.10 Å². The van der Waals surface area contributed by atoms with Gasteiger partial charge in [-0.05, 0) is 63.5 Å². The summed E-state index contributed by atoms with van der Waals surface area (Å²) in [4.78, 5) is 3.92. The van der Waals surface area contributed by atoms with E-state index >= 15 is 0 Å². The van der Waals surface area contributed by atoms with Gasteiger partial charge in [0.2, 0.25) is 0 Å². The third-order valence-corrected chi connectivity index (χ3v) is 5.39. The van der Waals surface area contributed by atoms with Crippen molar-refractivity contribution >= 4 is 11.8 Å². The number of thioether (sulfide) groups is 1. The van der Waals surface area contributed by atoms with E-state index in [1.807, 2.05) is 18.7 Å². The molecule has 2 rings (SSSR count). The molecule has 2 nitrogen and oxygen atoms in total. The van der Waals surface area contributed by atoms with Gasteiger partial charge in [0.1, 0.15) is 0 Å². The fourth-order valence-electron chi connectivity index (χ4n) is 2.88. The van der Waals surface area contributed by atoms with Crippen LogP contribution in [0.1, 0.15) is 33.1 Å². The second-order valence-electron chi connectivity index (χ2n) is 5.94. The minimum absolute atomic E-state index is 0.163. The van der Waals surface area contributed by atoms with Crippen LogP contribution in [-0.2, 0) is 0 Å². The van der Waals surface area contributed by atoms with Crippen molar-refractivity contribution in [2.45, 2.75) is 50.2 Å².